The molecule has 1 aromatic rings. The van der Waals surface area contributed by atoms with E-state index in [1.54, 1.807) is 0 Å². The van der Waals surface area contributed by atoms with Crippen molar-refractivity contribution in [3.63, 3.8) is 0 Å². The van der Waals surface area contributed by atoms with Gasteiger partial charge in [0, 0.05) is 5.54 Å². The summed E-state index contributed by atoms with van der Waals surface area (Å²) in [5.74, 6) is 0.938. The molecule has 0 aliphatic carbocycles. The molecule has 1 aliphatic heterocycles. The van der Waals surface area contributed by atoms with Crippen LogP contribution in [0.4, 0.5) is 0 Å². The van der Waals surface area contributed by atoms with Crippen LogP contribution in [-0.2, 0) is 6.42 Å². The molecule has 0 amide bonds. The van der Waals surface area contributed by atoms with Crippen molar-refractivity contribution < 1.29 is 4.74 Å². The van der Waals surface area contributed by atoms with Gasteiger partial charge in [-0.3, -0.25) is 0 Å². The molecule has 0 aromatic heterocycles. The molecule has 1 saturated heterocycles. The third kappa shape index (κ3) is 4.22. The lowest BCUT2D eigenvalue weighted by Gasteiger charge is -2.37. The number of nitrogens with two attached hydrogens (primary N) is 1. The van der Waals surface area contributed by atoms with E-state index in [0.717, 1.165) is 38.1 Å². The summed E-state index contributed by atoms with van der Waals surface area (Å²) in [6.45, 7) is 6.29. The van der Waals surface area contributed by atoms with Gasteiger partial charge < -0.3 is 15.4 Å². The second kappa shape index (κ2) is 5.93. The lowest BCUT2D eigenvalue weighted by Crippen LogP contribution is -2.50. The normalized spacial score (nSPS) is 19.6. The highest BCUT2D eigenvalue weighted by atomic mass is 16.5. The van der Waals surface area contributed by atoms with Crippen molar-refractivity contribution in [3.05, 3.63) is 29.8 Å². The zero-order valence-electron chi connectivity index (χ0n) is 12.4. The Balaban J connectivity index is 1.95. The predicted octanol–water partition coefficient (Wildman–Crippen LogP) is 2.44. The number of hydrogen-bond acceptors (Lipinski definition) is 3. The zero-order valence-corrected chi connectivity index (χ0v) is 12.4. The number of likely N-dealkylation sites (tertiary alicyclic amines) is 1. The molecule has 1 aliphatic rings. The molecule has 106 valence electrons. The SMILES string of the molecule is CC(C)Oc1ccc(CC2(N)CCN(C)CC2)cc1. The first-order valence-corrected chi connectivity index (χ1v) is 7.20. The number of rotatable bonds is 4. The topological polar surface area (TPSA) is 38.5 Å². The fraction of sp³-hybridized carbons (Fsp3) is 0.625. The maximum atomic E-state index is 6.51. The van der Waals surface area contributed by atoms with Gasteiger partial charge in [0.2, 0.25) is 0 Å². The molecule has 19 heavy (non-hydrogen) atoms. The molecule has 0 unspecified atom stereocenters. The predicted molar refractivity (Wildman–Crippen MR) is 79.6 cm³/mol. The molecule has 0 bridgehead atoms. The molecule has 2 rings (SSSR count). The number of hydrogen-bond donors (Lipinski definition) is 1. The van der Waals surface area contributed by atoms with E-state index in [9.17, 15) is 0 Å². The van der Waals surface area contributed by atoms with Crippen LogP contribution in [0, 0.1) is 0 Å². The lowest BCUT2D eigenvalue weighted by molar-refractivity contribution is 0.190. The van der Waals surface area contributed by atoms with E-state index >= 15 is 0 Å². The first-order chi connectivity index (χ1) is 8.97. The fourth-order valence-corrected chi connectivity index (χ4v) is 2.61. The Morgan fingerprint density at radius 1 is 1.21 bits per heavy atom. The molecule has 0 radical (unpaired) electrons. The first kappa shape index (κ1) is 14.4. The summed E-state index contributed by atoms with van der Waals surface area (Å²) in [5.41, 5.74) is 7.79. The van der Waals surface area contributed by atoms with Gasteiger partial charge in [-0.2, -0.15) is 0 Å². The van der Waals surface area contributed by atoms with Crippen molar-refractivity contribution in [2.75, 3.05) is 20.1 Å². The van der Waals surface area contributed by atoms with Crippen molar-refractivity contribution in [1.82, 2.24) is 4.90 Å². The Labute approximate surface area is 116 Å². The Kier molecular flexibility index (Phi) is 4.48. The summed E-state index contributed by atoms with van der Waals surface area (Å²) in [4.78, 5) is 2.35. The molecule has 3 heteroatoms. The van der Waals surface area contributed by atoms with Gasteiger partial charge >= 0.3 is 0 Å². The minimum Gasteiger partial charge on any atom is -0.491 e. The number of nitrogens with zero attached hydrogens (tertiary/aromatic N) is 1. The summed E-state index contributed by atoms with van der Waals surface area (Å²) >= 11 is 0. The summed E-state index contributed by atoms with van der Waals surface area (Å²) in [5, 5.41) is 0. The third-order valence-electron chi connectivity index (χ3n) is 3.83. The van der Waals surface area contributed by atoms with Crippen LogP contribution in [0.3, 0.4) is 0 Å². The van der Waals surface area contributed by atoms with E-state index in [1.165, 1.54) is 5.56 Å². The molecule has 2 N–H and O–H groups in total. The van der Waals surface area contributed by atoms with Crippen molar-refractivity contribution in [1.29, 1.82) is 0 Å². The van der Waals surface area contributed by atoms with Gasteiger partial charge in [-0.1, -0.05) is 12.1 Å². The minimum atomic E-state index is -0.0348. The third-order valence-corrected chi connectivity index (χ3v) is 3.83. The maximum absolute atomic E-state index is 6.51. The Hall–Kier alpha value is -1.06. The minimum absolute atomic E-state index is 0.0348. The maximum Gasteiger partial charge on any atom is 0.119 e. The standard InChI is InChI=1S/C16H26N2O/c1-13(2)19-15-6-4-14(5-7-15)12-16(17)8-10-18(3)11-9-16/h4-7,13H,8-12,17H2,1-3H3. The van der Waals surface area contributed by atoms with Crippen LogP contribution in [0.25, 0.3) is 0 Å². The van der Waals surface area contributed by atoms with Gasteiger partial charge in [0.15, 0.2) is 0 Å². The molecular formula is C16H26N2O. The Morgan fingerprint density at radius 2 is 1.79 bits per heavy atom. The van der Waals surface area contributed by atoms with Gasteiger partial charge in [0.05, 0.1) is 6.10 Å². The Morgan fingerprint density at radius 3 is 2.32 bits per heavy atom. The number of ether oxygens (including phenoxy) is 1. The van der Waals surface area contributed by atoms with Crippen molar-refractivity contribution in [2.45, 2.75) is 44.8 Å². The van der Waals surface area contributed by atoms with E-state index in [2.05, 4.69) is 24.1 Å². The second-order valence-corrected chi connectivity index (χ2v) is 6.15. The lowest BCUT2D eigenvalue weighted by atomic mass is 9.83. The van der Waals surface area contributed by atoms with Crippen LogP contribution in [0.5, 0.6) is 5.75 Å². The van der Waals surface area contributed by atoms with Crippen LogP contribution >= 0.6 is 0 Å². The Bertz CT molecular complexity index is 392. The van der Waals surface area contributed by atoms with Crippen molar-refractivity contribution in [2.24, 2.45) is 5.73 Å². The van der Waals surface area contributed by atoms with E-state index in [0.29, 0.717) is 0 Å². The van der Waals surface area contributed by atoms with Gasteiger partial charge in [-0.15, -0.1) is 0 Å². The second-order valence-electron chi connectivity index (χ2n) is 6.15. The van der Waals surface area contributed by atoms with E-state index in [-0.39, 0.29) is 11.6 Å². The summed E-state index contributed by atoms with van der Waals surface area (Å²) in [6.07, 6.45) is 3.34. The highest BCUT2D eigenvalue weighted by molar-refractivity contribution is 5.28. The molecule has 1 heterocycles. The molecular weight excluding hydrogens is 236 g/mol. The van der Waals surface area contributed by atoms with E-state index < -0.39 is 0 Å². The summed E-state index contributed by atoms with van der Waals surface area (Å²) < 4.78 is 5.66. The number of piperidine rings is 1. The van der Waals surface area contributed by atoms with Crippen LogP contribution in [-0.4, -0.2) is 36.7 Å². The molecule has 0 saturated carbocycles. The monoisotopic (exact) mass is 262 g/mol. The first-order valence-electron chi connectivity index (χ1n) is 7.20. The van der Waals surface area contributed by atoms with Crippen LogP contribution < -0.4 is 10.5 Å². The molecule has 1 fully saturated rings. The molecule has 0 spiro atoms. The van der Waals surface area contributed by atoms with Crippen molar-refractivity contribution in [3.8, 4) is 5.75 Å². The van der Waals surface area contributed by atoms with Gasteiger partial charge in [-0.25, -0.2) is 0 Å². The fourth-order valence-electron chi connectivity index (χ4n) is 2.61. The van der Waals surface area contributed by atoms with E-state index in [4.69, 9.17) is 10.5 Å². The van der Waals surface area contributed by atoms with E-state index in [1.807, 2.05) is 26.0 Å². The number of benzene rings is 1. The van der Waals surface area contributed by atoms with Crippen LogP contribution in [0.2, 0.25) is 0 Å². The zero-order chi connectivity index (χ0) is 13.9. The van der Waals surface area contributed by atoms with Crippen LogP contribution in [0.15, 0.2) is 24.3 Å². The molecule has 1 aromatic carbocycles. The van der Waals surface area contributed by atoms with Gasteiger partial charge in [0.1, 0.15) is 5.75 Å². The highest BCUT2D eigenvalue weighted by Gasteiger charge is 2.29. The highest BCUT2D eigenvalue weighted by Crippen LogP contribution is 2.24. The summed E-state index contributed by atoms with van der Waals surface area (Å²) in [6, 6.07) is 8.39. The average molecular weight is 262 g/mol. The quantitative estimate of drug-likeness (QED) is 0.906. The van der Waals surface area contributed by atoms with Crippen LogP contribution in [0.1, 0.15) is 32.3 Å². The molecule has 3 nitrogen and oxygen atoms in total. The van der Waals surface area contributed by atoms with Gasteiger partial charge in [0.25, 0.3) is 0 Å². The largest absolute Gasteiger partial charge is 0.491 e. The molecule has 0 atom stereocenters. The smallest absolute Gasteiger partial charge is 0.119 e. The summed E-state index contributed by atoms with van der Waals surface area (Å²) in [7, 11) is 2.16. The van der Waals surface area contributed by atoms with Crippen molar-refractivity contribution >= 4 is 0 Å². The average Bonchev–Trinajstić information content (AvgIpc) is 2.35. The van der Waals surface area contributed by atoms with Gasteiger partial charge in [-0.05, 0) is 70.9 Å².